The minimum Gasteiger partial charge on any atom is -0.508 e. The molecular weight excluding hydrogens is 196 g/mol. The van der Waals surface area contributed by atoms with Gasteiger partial charge in [-0.1, -0.05) is 5.16 Å². The summed E-state index contributed by atoms with van der Waals surface area (Å²) in [5.41, 5.74) is 6.75. The van der Waals surface area contributed by atoms with Crippen molar-refractivity contribution in [3.05, 3.63) is 24.4 Å². The fourth-order valence-electron chi connectivity index (χ4n) is 1.32. The summed E-state index contributed by atoms with van der Waals surface area (Å²) in [5, 5.41) is 12.9. The number of benzene rings is 1. The number of ether oxygens (including phenoxy) is 1. The number of nitrogens with zero attached hydrogens (tertiary/aromatic N) is 1. The van der Waals surface area contributed by atoms with Crippen LogP contribution in [-0.2, 0) is 0 Å². The SMILES string of the molecule is COc1cc(O)ccc1-c1oncc1N. The van der Waals surface area contributed by atoms with Crippen LogP contribution in [0.3, 0.4) is 0 Å². The van der Waals surface area contributed by atoms with Crippen LogP contribution < -0.4 is 10.5 Å². The van der Waals surface area contributed by atoms with Crippen molar-refractivity contribution in [3.63, 3.8) is 0 Å². The van der Waals surface area contributed by atoms with Gasteiger partial charge in [-0.05, 0) is 12.1 Å². The quantitative estimate of drug-likeness (QED) is 0.780. The van der Waals surface area contributed by atoms with Crippen LogP contribution in [0.4, 0.5) is 5.69 Å². The molecule has 3 N–H and O–H groups in total. The topological polar surface area (TPSA) is 81.5 Å². The summed E-state index contributed by atoms with van der Waals surface area (Å²) in [6.45, 7) is 0. The number of hydrogen-bond acceptors (Lipinski definition) is 5. The van der Waals surface area contributed by atoms with E-state index in [0.29, 0.717) is 22.8 Å². The Morgan fingerprint density at radius 1 is 1.47 bits per heavy atom. The van der Waals surface area contributed by atoms with Crippen molar-refractivity contribution in [3.8, 4) is 22.8 Å². The Labute approximate surface area is 86.1 Å². The largest absolute Gasteiger partial charge is 0.508 e. The lowest BCUT2D eigenvalue weighted by molar-refractivity contribution is 0.401. The summed E-state index contributed by atoms with van der Waals surface area (Å²) in [4.78, 5) is 0. The lowest BCUT2D eigenvalue weighted by Gasteiger charge is -2.06. The molecule has 0 unspecified atom stereocenters. The number of nitrogens with two attached hydrogens (primary N) is 1. The maximum Gasteiger partial charge on any atom is 0.193 e. The molecule has 0 aliphatic heterocycles. The first kappa shape index (κ1) is 9.39. The van der Waals surface area contributed by atoms with Gasteiger partial charge in [0.1, 0.15) is 17.2 Å². The molecule has 1 aromatic carbocycles. The Hall–Kier alpha value is -2.17. The molecule has 0 aliphatic carbocycles. The van der Waals surface area contributed by atoms with E-state index in [-0.39, 0.29) is 5.75 Å². The lowest BCUT2D eigenvalue weighted by Crippen LogP contribution is -1.89. The maximum absolute atomic E-state index is 9.28. The summed E-state index contributed by atoms with van der Waals surface area (Å²) < 4.78 is 10.1. The molecule has 2 aromatic rings. The molecule has 15 heavy (non-hydrogen) atoms. The summed E-state index contributed by atoms with van der Waals surface area (Å²) in [7, 11) is 1.50. The van der Waals surface area contributed by atoms with Gasteiger partial charge in [0.25, 0.3) is 0 Å². The van der Waals surface area contributed by atoms with Crippen LogP contribution >= 0.6 is 0 Å². The van der Waals surface area contributed by atoms with Crippen molar-refractivity contribution in [2.75, 3.05) is 12.8 Å². The van der Waals surface area contributed by atoms with Gasteiger partial charge in [0, 0.05) is 6.07 Å². The number of aromatic hydroxyl groups is 1. The summed E-state index contributed by atoms with van der Waals surface area (Å²) in [6, 6.07) is 4.67. The van der Waals surface area contributed by atoms with Gasteiger partial charge < -0.3 is 20.1 Å². The van der Waals surface area contributed by atoms with E-state index in [9.17, 15) is 5.11 Å². The molecule has 0 amide bonds. The van der Waals surface area contributed by atoms with Crippen molar-refractivity contribution in [2.45, 2.75) is 0 Å². The molecule has 1 heterocycles. The number of phenols is 1. The van der Waals surface area contributed by atoms with Gasteiger partial charge in [-0.25, -0.2) is 0 Å². The van der Waals surface area contributed by atoms with E-state index < -0.39 is 0 Å². The van der Waals surface area contributed by atoms with Crippen LogP contribution in [0.1, 0.15) is 0 Å². The Morgan fingerprint density at radius 3 is 2.87 bits per heavy atom. The number of hydrogen-bond donors (Lipinski definition) is 2. The van der Waals surface area contributed by atoms with Gasteiger partial charge in [0.2, 0.25) is 0 Å². The molecule has 2 rings (SSSR count). The van der Waals surface area contributed by atoms with Gasteiger partial charge in [-0.15, -0.1) is 0 Å². The summed E-state index contributed by atoms with van der Waals surface area (Å²) in [5.74, 6) is 1.04. The lowest BCUT2D eigenvalue weighted by atomic mass is 10.1. The van der Waals surface area contributed by atoms with Gasteiger partial charge in [0.05, 0.1) is 18.9 Å². The third-order valence-electron chi connectivity index (χ3n) is 2.03. The molecule has 0 atom stereocenters. The van der Waals surface area contributed by atoms with E-state index in [1.807, 2.05) is 0 Å². The highest BCUT2D eigenvalue weighted by Crippen LogP contribution is 2.35. The Kier molecular flexibility index (Phi) is 2.21. The third kappa shape index (κ3) is 1.59. The molecule has 5 heteroatoms. The molecule has 5 nitrogen and oxygen atoms in total. The molecule has 0 saturated heterocycles. The average Bonchev–Trinajstić information content (AvgIpc) is 2.64. The van der Waals surface area contributed by atoms with Crippen LogP contribution in [0, 0.1) is 0 Å². The Morgan fingerprint density at radius 2 is 2.27 bits per heavy atom. The smallest absolute Gasteiger partial charge is 0.193 e. The minimum absolute atomic E-state index is 0.119. The summed E-state index contributed by atoms with van der Waals surface area (Å²) in [6.07, 6.45) is 1.42. The zero-order valence-corrected chi connectivity index (χ0v) is 8.10. The number of anilines is 1. The van der Waals surface area contributed by atoms with Gasteiger partial charge >= 0.3 is 0 Å². The van der Waals surface area contributed by atoms with Crippen molar-refractivity contribution in [1.82, 2.24) is 5.16 Å². The normalized spacial score (nSPS) is 10.2. The zero-order valence-electron chi connectivity index (χ0n) is 8.10. The number of rotatable bonds is 2. The molecule has 0 aliphatic rings. The predicted octanol–water partition coefficient (Wildman–Crippen LogP) is 1.64. The first-order valence-corrected chi connectivity index (χ1v) is 4.30. The molecule has 1 aromatic heterocycles. The van der Waals surface area contributed by atoms with E-state index in [4.69, 9.17) is 15.0 Å². The van der Waals surface area contributed by atoms with Crippen molar-refractivity contribution < 1.29 is 14.4 Å². The second-order valence-electron chi connectivity index (χ2n) is 2.99. The summed E-state index contributed by atoms with van der Waals surface area (Å²) >= 11 is 0. The molecule has 78 valence electrons. The minimum atomic E-state index is 0.119. The second-order valence-corrected chi connectivity index (χ2v) is 2.99. The molecule has 0 saturated carbocycles. The first-order valence-electron chi connectivity index (χ1n) is 4.30. The van der Waals surface area contributed by atoms with Crippen LogP contribution in [0.5, 0.6) is 11.5 Å². The third-order valence-corrected chi connectivity index (χ3v) is 2.03. The van der Waals surface area contributed by atoms with Crippen LogP contribution in [-0.4, -0.2) is 17.4 Å². The number of aromatic nitrogens is 1. The van der Waals surface area contributed by atoms with Gasteiger partial charge in [-0.2, -0.15) is 0 Å². The highest BCUT2D eigenvalue weighted by Gasteiger charge is 2.13. The van der Waals surface area contributed by atoms with Crippen LogP contribution in [0.25, 0.3) is 11.3 Å². The van der Waals surface area contributed by atoms with Gasteiger partial charge in [0.15, 0.2) is 5.76 Å². The molecule has 0 spiro atoms. The van der Waals surface area contributed by atoms with E-state index in [0.717, 1.165) is 0 Å². The molecular formula is C10H10N2O3. The van der Waals surface area contributed by atoms with E-state index in [1.54, 1.807) is 6.07 Å². The van der Waals surface area contributed by atoms with E-state index in [1.165, 1.54) is 25.4 Å². The molecule has 0 radical (unpaired) electrons. The second kappa shape index (κ2) is 3.53. The standard InChI is InChI=1S/C10H10N2O3/c1-14-9-4-6(13)2-3-7(9)10-8(11)5-12-15-10/h2-5,13H,11H2,1H3. The fourth-order valence-corrected chi connectivity index (χ4v) is 1.32. The molecule has 0 bridgehead atoms. The molecule has 0 fully saturated rings. The van der Waals surface area contributed by atoms with E-state index >= 15 is 0 Å². The number of methoxy groups -OCH3 is 1. The van der Waals surface area contributed by atoms with Gasteiger partial charge in [-0.3, -0.25) is 0 Å². The van der Waals surface area contributed by atoms with Crippen molar-refractivity contribution in [1.29, 1.82) is 0 Å². The Balaban J connectivity index is 2.58. The monoisotopic (exact) mass is 206 g/mol. The van der Waals surface area contributed by atoms with Crippen molar-refractivity contribution >= 4 is 5.69 Å². The Bertz CT molecular complexity index is 479. The van der Waals surface area contributed by atoms with Crippen LogP contribution in [0.15, 0.2) is 28.9 Å². The van der Waals surface area contributed by atoms with E-state index in [2.05, 4.69) is 5.16 Å². The fraction of sp³-hybridized carbons (Fsp3) is 0.100. The highest BCUT2D eigenvalue weighted by atomic mass is 16.5. The number of phenolic OH excluding ortho intramolecular Hbond substituents is 1. The highest BCUT2D eigenvalue weighted by molar-refractivity contribution is 5.75. The number of nitrogen functional groups attached to an aromatic ring is 1. The zero-order chi connectivity index (χ0) is 10.8. The first-order chi connectivity index (χ1) is 7.22. The maximum atomic E-state index is 9.28. The van der Waals surface area contributed by atoms with Crippen LogP contribution in [0.2, 0.25) is 0 Å². The average molecular weight is 206 g/mol. The predicted molar refractivity (Wildman–Crippen MR) is 54.6 cm³/mol. The van der Waals surface area contributed by atoms with Crippen molar-refractivity contribution in [2.24, 2.45) is 0 Å².